The summed E-state index contributed by atoms with van der Waals surface area (Å²) in [6.45, 7) is 6.64. The first kappa shape index (κ1) is 13.6. The molecule has 2 fully saturated rings. The molecule has 2 rings (SSSR count). The number of nitrogens with one attached hydrogen (secondary N) is 1. The van der Waals surface area contributed by atoms with E-state index in [0.29, 0.717) is 13.0 Å². The molecule has 0 saturated carbocycles. The number of halogens is 1. The lowest BCUT2D eigenvalue weighted by atomic mass is 9.92. The van der Waals surface area contributed by atoms with Crippen LogP contribution in [0.4, 0.5) is 9.18 Å². The molecule has 0 spiro atoms. The number of ether oxygens (including phenoxy) is 1. The number of hydrogen-bond acceptors (Lipinski definition) is 3. The molecule has 4 nitrogen and oxygen atoms in total. The van der Waals surface area contributed by atoms with Crippen LogP contribution in [0.15, 0.2) is 0 Å². The van der Waals surface area contributed by atoms with E-state index in [9.17, 15) is 9.18 Å². The van der Waals surface area contributed by atoms with E-state index in [-0.39, 0.29) is 17.7 Å². The Bertz CT molecular complexity index is 320. The van der Waals surface area contributed by atoms with Crippen molar-refractivity contribution >= 4 is 6.09 Å². The first-order valence-corrected chi connectivity index (χ1v) is 6.67. The second-order valence-electron chi connectivity index (χ2n) is 6.34. The third kappa shape index (κ3) is 2.46. The monoisotopic (exact) mass is 258 g/mol. The molecule has 0 aromatic heterocycles. The van der Waals surface area contributed by atoms with Crippen LogP contribution in [0.3, 0.4) is 0 Å². The quantitative estimate of drug-likeness (QED) is 0.824. The molecule has 2 bridgehead atoms. The summed E-state index contributed by atoms with van der Waals surface area (Å²) in [4.78, 5) is 14.1. The fourth-order valence-corrected chi connectivity index (χ4v) is 3.07. The van der Waals surface area contributed by atoms with Crippen LogP contribution in [0.2, 0.25) is 0 Å². The summed E-state index contributed by atoms with van der Waals surface area (Å²) in [7, 11) is 0. The van der Waals surface area contributed by atoms with Crippen LogP contribution in [0.5, 0.6) is 0 Å². The van der Waals surface area contributed by atoms with Crippen LogP contribution in [-0.2, 0) is 4.74 Å². The summed E-state index contributed by atoms with van der Waals surface area (Å²) >= 11 is 0. The van der Waals surface area contributed by atoms with Crippen molar-refractivity contribution in [1.29, 1.82) is 0 Å². The maximum Gasteiger partial charge on any atom is 0.411 e. The molecule has 0 aliphatic carbocycles. The Hall–Kier alpha value is -0.840. The molecule has 0 aromatic rings. The summed E-state index contributed by atoms with van der Waals surface area (Å²) < 4.78 is 18.3. The highest BCUT2D eigenvalue weighted by Gasteiger charge is 2.52. The summed E-state index contributed by atoms with van der Waals surface area (Å²) in [6.07, 6.45) is 1.91. The van der Waals surface area contributed by atoms with Crippen LogP contribution in [0.1, 0.15) is 40.0 Å². The van der Waals surface area contributed by atoms with Crippen molar-refractivity contribution in [3.8, 4) is 0 Å². The van der Waals surface area contributed by atoms with E-state index in [1.54, 1.807) is 4.90 Å². The van der Waals surface area contributed by atoms with Crippen LogP contribution in [-0.4, -0.2) is 47.9 Å². The van der Waals surface area contributed by atoms with Gasteiger partial charge in [0.1, 0.15) is 5.60 Å². The zero-order chi connectivity index (χ0) is 13.4. The zero-order valence-corrected chi connectivity index (χ0v) is 11.5. The third-order valence-corrected chi connectivity index (χ3v) is 3.80. The van der Waals surface area contributed by atoms with E-state index in [0.717, 1.165) is 19.4 Å². The van der Waals surface area contributed by atoms with Crippen LogP contribution >= 0.6 is 0 Å². The van der Waals surface area contributed by atoms with Gasteiger partial charge in [-0.25, -0.2) is 4.79 Å². The van der Waals surface area contributed by atoms with E-state index in [1.165, 1.54) is 0 Å². The minimum Gasteiger partial charge on any atom is -0.444 e. The summed E-state index contributed by atoms with van der Waals surface area (Å²) in [5.74, 6) is 0. The molecule has 18 heavy (non-hydrogen) atoms. The fraction of sp³-hybridized carbons (Fsp3) is 0.923. The third-order valence-electron chi connectivity index (χ3n) is 3.80. The lowest BCUT2D eigenvalue weighted by Crippen LogP contribution is -2.63. The maximum absolute atomic E-state index is 12.8. The maximum atomic E-state index is 12.8. The predicted octanol–water partition coefficient (Wildman–Crippen LogP) is 2.09. The minimum absolute atomic E-state index is 0.153. The number of piperazine rings is 1. The molecule has 104 valence electrons. The number of fused-ring (bicyclic) bond motifs is 2. The molecule has 0 radical (unpaired) electrons. The second kappa shape index (κ2) is 4.68. The van der Waals surface area contributed by atoms with Gasteiger partial charge in [-0.15, -0.1) is 0 Å². The number of carbonyl (C=O) groups excluding carboxylic acids is 1. The largest absolute Gasteiger partial charge is 0.444 e. The van der Waals surface area contributed by atoms with Gasteiger partial charge in [0.25, 0.3) is 0 Å². The van der Waals surface area contributed by atoms with Crippen molar-refractivity contribution in [3.05, 3.63) is 0 Å². The lowest BCUT2D eigenvalue weighted by Gasteiger charge is -2.45. The van der Waals surface area contributed by atoms with E-state index in [1.807, 2.05) is 20.8 Å². The number of nitrogens with zero attached hydrogens (tertiary/aromatic N) is 1. The van der Waals surface area contributed by atoms with Crippen molar-refractivity contribution in [2.45, 2.75) is 57.2 Å². The molecule has 0 aromatic carbocycles. The van der Waals surface area contributed by atoms with Crippen LogP contribution < -0.4 is 5.32 Å². The van der Waals surface area contributed by atoms with Crippen LogP contribution in [0.25, 0.3) is 0 Å². The van der Waals surface area contributed by atoms with Crippen LogP contribution in [0, 0.1) is 0 Å². The summed E-state index contributed by atoms with van der Waals surface area (Å²) in [6, 6.07) is 0.153. The number of rotatable bonds is 2. The molecular weight excluding hydrogens is 235 g/mol. The van der Waals surface area contributed by atoms with Gasteiger partial charge >= 0.3 is 6.09 Å². The Morgan fingerprint density at radius 2 is 2.28 bits per heavy atom. The van der Waals surface area contributed by atoms with Crippen molar-refractivity contribution in [2.75, 3.05) is 19.8 Å². The summed E-state index contributed by atoms with van der Waals surface area (Å²) in [5.41, 5.74) is -0.877. The highest BCUT2D eigenvalue weighted by atomic mass is 19.1. The molecule has 5 heteroatoms. The van der Waals surface area contributed by atoms with E-state index >= 15 is 0 Å². The van der Waals surface area contributed by atoms with E-state index in [2.05, 4.69) is 5.32 Å². The Morgan fingerprint density at radius 1 is 1.56 bits per heavy atom. The normalized spacial score (nSPS) is 31.6. The molecule has 2 atom stereocenters. The first-order valence-electron chi connectivity index (χ1n) is 6.67. The molecular formula is C13H23FN2O2. The zero-order valence-electron chi connectivity index (χ0n) is 11.5. The highest BCUT2D eigenvalue weighted by molar-refractivity contribution is 5.70. The predicted molar refractivity (Wildman–Crippen MR) is 67.3 cm³/mol. The lowest BCUT2D eigenvalue weighted by molar-refractivity contribution is -0.0132. The molecule has 2 aliphatic rings. The fourth-order valence-electron chi connectivity index (χ4n) is 3.07. The molecule has 2 saturated heterocycles. The highest BCUT2D eigenvalue weighted by Crippen LogP contribution is 2.39. The molecule has 1 N–H and O–H groups in total. The smallest absolute Gasteiger partial charge is 0.411 e. The number of alkyl halides is 1. The Labute approximate surface area is 108 Å². The van der Waals surface area contributed by atoms with E-state index in [4.69, 9.17) is 4.74 Å². The van der Waals surface area contributed by atoms with Crippen molar-refractivity contribution in [2.24, 2.45) is 0 Å². The van der Waals surface area contributed by atoms with Gasteiger partial charge in [-0.05, 0) is 33.6 Å². The Morgan fingerprint density at radius 3 is 2.89 bits per heavy atom. The van der Waals surface area contributed by atoms with Crippen molar-refractivity contribution in [1.82, 2.24) is 10.2 Å². The average molecular weight is 258 g/mol. The number of hydrogen-bond donors (Lipinski definition) is 1. The molecule has 2 aliphatic heterocycles. The van der Waals surface area contributed by atoms with Gasteiger partial charge in [0.2, 0.25) is 0 Å². The van der Waals surface area contributed by atoms with Gasteiger partial charge < -0.3 is 10.1 Å². The van der Waals surface area contributed by atoms with Gasteiger partial charge in [-0.3, -0.25) is 9.29 Å². The van der Waals surface area contributed by atoms with Gasteiger partial charge in [-0.2, -0.15) is 0 Å². The van der Waals surface area contributed by atoms with Gasteiger partial charge in [0, 0.05) is 25.6 Å². The molecule has 2 heterocycles. The van der Waals surface area contributed by atoms with Crippen molar-refractivity contribution < 1.29 is 13.9 Å². The first-order chi connectivity index (χ1) is 8.38. The topological polar surface area (TPSA) is 41.6 Å². The van der Waals surface area contributed by atoms with Crippen molar-refractivity contribution in [3.63, 3.8) is 0 Å². The van der Waals surface area contributed by atoms with Gasteiger partial charge in [0.05, 0.1) is 12.2 Å². The number of carbonyl (C=O) groups is 1. The standard InChI is InChI=1S/C13H23FN2O2/c1-12(2,3)18-11(17)16-10-4-5-13(16,6-7-14)9-15-8-10/h10,15H,4-9H2,1-3H3. The van der Waals surface area contributed by atoms with Gasteiger partial charge in [-0.1, -0.05) is 0 Å². The number of amides is 1. The Kier molecular flexibility index (Phi) is 3.54. The SMILES string of the molecule is CC(C)(C)OC(=O)N1C2CCC1(CCF)CNC2. The van der Waals surface area contributed by atoms with E-state index < -0.39 is 12.3 Å². The summed E-state index contributed by atoms with van der Waals surface area (Å²) in [5, 5.41) is 3.30. The second-order valence-corrected chi connectivity index (χ2v) is 6.34. The molecule has 2 unspecified atom stereocenters. The average Bonchev–Trinajstić information content (AvgIpc) is 2.44. The Balaban J connectivity index is 2.16. The van der Waals surface area contributed by atoms with Gasteiger partial charge in [0.15, 0.2) is 0 Å². The molecule has 1 amide bonds. The minimum atomic E-state index is -0.502.